The van der Waals surface area contributed by atoms with Crippen LogP contribution < -0.4 is 5.32 Å². The van der Waals surface area contributed by atoms with E-state index in [4.69, 9.17) is 17.0 Å². The zero-order chi connectivity index (χ0) is 21.0. The number of nitrogens with one attached hydrogen (secondary N) is 1. The largest absolute Gasteiger partial charge is 0.379 e. The Labute approximate surface area is 190 Å². The van der Waals surface area contributed by atoms with Gasteiger partial charge in [-0.25, -0.2) is 0 Å². The van der Waals surface area contributed by atoms with E-state index in [1.54, 1.807) is 0 Å². The Balaban J connectivity index is 1.39. The van der Waals surface area contributed by atoms with E-state index in [1.165, 1.54) is 37.7 Å². The Hall–Kier alpha value is -1.96. The fraction of sp³-hybridized carbons (Fsp3) is 0.583. The van der Waals surface area contributed by atoms with Gasteiger partial charge in [0.1, 0.15) is 0 Å². The van der Waals surface area contributed by atoms with E-state index in [0.717, 1.165) is 50.2 Å². The fourth-order valence-electron chi connectivity index (χ4n) is 5.30. The quantitative estimate of drug-likeness (QED) is 0.693. The fourth-order valence-corrected chi connectivity index (χ4v) is 5.63. The highest BCUT2D eigenvalue weighted by molar-refractivity contribution is 7.80. The predicted molar refractivity (Wildman–Crippen MR) is 126 cm³/mol. The summed E-state index contributed by atoms with van der Waals surface area (Å²) in [7, 11) is 0. The topological polar surface area (TPSA) is 45.6 Å². The first-order chi connectivity index (χ1) is 15.3. The van der Waals surface area contributed by atoms with Crippen LogP contribution in [-0.2, 0) is 4.74 Å². The van der Waals surface area contributed by atoms with Crippen molar-refractivity contribution in [3.05, 3.63) is 54.1 Å². The summed E-state index contributed by atoms with van der Waals surface area (Å²) < 4.78 is 7.96. The van der Waals surface area contributed by atoms with E-state index < -0.39 is 0 Å². The van der Waals surface area contributed by atoms with Crippen LogP contribution in [0.3, 0.4) is 0 Å². The summed E-state index contributed by atoms with van der Waals surface area (Å²) in [4.78, 5) is 9.53. The second-order valence-corrected chi connectivity index (χ2v) is 9.34. The van der Waals surface area contributed by atoms with E-state index in [-0.39, 0.29) is 12.1 Å². The molecule has 7 heteroatoms. The second-order valence-electron chi connectivity index (χ2n) is 8.96. The van der Waals surface area contributed by atoms with Crippen LogP contribution in [0.2, 0.25) is 0 Å². The number of pyridine rings is 1. The molecule has 3 aliphatic rings. The molecular formula is C24H33N5OS. The molecular weight excluding hydrogens is 406 g/mol. The zero-order valence-corrected chi connectivity index (χ0v) is 19.0. The lowest BCUT2D eigenvalue weighted by molar-refractivity contribution is 0.0350. The third kappa shape index (κ3) is 4.64. The minimum absolute atomic E-state index is 0.0700. The number of rotatable bonds is 6. The van der Waals surface area contributed by atoms with Crippen molar-refractivity contribution in [2.75, 3.05) is 39.4 Å². The molecule has 0 amide bonds. The predicted octanol–water partition coefficient (Wildman–Crippen LogP) is 3.69. The lowest BCUT2D eigenvalue weighted by Crippen LogP contribution is -2.42. The first kappa shape index (κ1) is 20.9. The number of nitrogens with zero attached hydrogens (tertiary/aromatic N) is 4. The summed E-state index contributed by atoms with van der Waals surface area (Å²) in [6.45, 7) is 5.56. The van der Waals surface area contributed by atoms with Gasteiger partial charge in [0.2, 0.25) is 0 Å². The number of ether oxygens (including phenoxy) is 1. The Morgan fingerprint density at radius 3 is 2.68 bits per heavy atom. The molecule has 166 valence electrons. The van der Waals surface area contributed by atoms with Crippen molar-refractivity contribution in [2.24, 2.45) is 0 Å². The number of thiocarbonyl (C=S) groups is 1. The summed E-state index contributed by atoms with van der Waals surface area (Å²) in [5.74, 6) is 0. The van der Waals surface area contributed by atoms with Gasteiger partial charge in [0, 0.05) is 50.8 Å². The Morgan fingerprint density at radius 1 is 1.06 bits per heavy atom. The summed E-state index contributed by atoms with van der Waals surface area (Å²) >= 11 is 5.83. The van der Waals surface area contributed by atoms with Crippen LogP contribution >= 0.6 is 12.2 Å². The number of aromatic nitrogens is 2. The molecule has 2 aliphatic heterocycles. The maximum atomic E-state index is 5.83. The van der Waals surface area contributed by atoms with Crippen LogP contribution in [0.25, 0.3) is 0 Å². The summed E-state index contributed by atoms with van der Waals surface area (Å²) in [6, 6.07) is 9.31. The smallest absolute Gasteiger partial charge is 0.170 e. The molecule has 1 aliphatic carbocycles. The van der Waals surface area contributed by atoms with Crippen molar-refractivity contribution >= 4 is 17.3 Å². The van der Waals surface area contributed by atoms with Crippen LogP contribution in [0.15, 0.2) is 42.9 Å². The first-order valence-corrected chi connectivity index (χ1v) is 12.2. The Bertz CT molecular complexity index is 860. The van der Waals surface area contributed by atoms with Gasteiger partial charge in [-0.05, 0) is 48.8 Å². The molecule has 2 aromatic heterocycles. The van der Waals surface area contributed by atoms with Gasteiger partial charge in [0.25, 0.3) is 0 Å². The molecule has 31 heavy (non-hydrogen) atoms. The van der Waals surface area contributed by atoms with Gasteiger partial charge in [-0.1, -0.05) is 25.3 Å². The number of morpholine rings is 1. The molecule has 1 N–H and O–H groups in total. The molecule has 0 aromatic carbocycles. The average molecular weight is 440 g/mol. The molecule has 0 radical (unpaired) electrons. The third-order valence-electron chi connectivity index (χ3n) is 7.03. The van der Waals surface area contributed by atoms with Crippen molar-refractivity contribution in [1.82, 2.24) is 24.7 Å². The first-order valence-electron chi connectivity index (χ1n) is 11.7. The van der Waals surface area contributed by atoms with Crippen molar-refractivity contribution in [3.63, 3.8) is 0 Å². The molecule has 2 atom stereocenters. The molecule has 2 saturated heterocycles. The highest BCUT2D eigenvalue weighted by Gasteiger charge is 2.40. The molecule has 2 unspecified atom stereocenters. The van der Waals surface area contributed by atoms with Crippen molar-refractivity contribution < 1.29 is 4.74 Å². The highest BCUT2D eigenvalue weighted by Crippen LogP contribution is 2.39. The Kier molecular flexibility index (Phi) is 6.53. The van der Waals surface area contributed by atoms with E-state index in [9.17, 15) is 0 Å². The van der Waals surface area contributed by atoms with Gasteiger partial charge in [-0.2, -0.15) is 0 Å². The van der Waals surface area contributed by atoms with Crippen molar-refractivity contribution in [3.8, 4) is 0 Å². The Morgan fingerprint density at radius 2 is 1.90 bits per heavy atom. The van der Waals surface area contributed by atoms with Gasteiger partial charge in [0.05, 0.1) is 31.0 Å². The van der Waals surface area contributed by atoms with Crippen molar-refractivity contribution in [2.45, 2.75) is 50.2 Å². The molecule has 6 nitrogen and oxygen atoms in total. The van der Waals surface area contributed by atoms with Crippen LogP contribution in [0.4, 0.5) is 0 Å². The second kappa shape index (κ2) is 9.67. The van der Waals surface area contributed by atoms with Gasteiger partial charge < -0.3 is 19.5 Å². The molecule has 1 saturated carbocycles. The summed E-state index contributed by atoms with van der Waals surface area (Å²) in [5.41, 5.74) is 2.38. The average Bonchev–Trinajstić information content (AvgIpc) is 3.44. The van der Waals surface area contributed by atoms with Crippen molar-refractivity contribution in [1.29, 1.82) is 0 Å². The van der Waals surface area contributed by atoms with Crippen LogP contribution in [0, 0.1) is 0 Å². The summed E-state index contributed by atoms with van der Waals surface area (Å²) in [5, 5.41) is 4.42. The molecule has 0 bridgehead atoms. The SMILES string of the molecule is S=C1NC(c2ccccn2)C(c2ccn(C3CCCCC3)c2)N1CCN1CCOCC1. The lowest BCUT2D eigenvalue weighted by Gasteiger charge is -2.32. The molecule has 4 heterocycles. The minimum Gasteiger partial charge on any atom is -0.379 e. The third-order valence-corrected chi connectivity index (χ3v) is 7.39. The van der Waals surface area contributed by atoms with E-state index >= 15 is 0 Å². The van der Waals surface area contributed by atoms with Crippen LogP contribution in [0.5, 0.6) is 0 Å². The number of hydrogen-bond acceptors (Lipinski definition) is 4. The minimum atomic E-state index is 0.0700. The van der Waals surface area contributed by atoms with Gasteiger partial charge in [0.15, 0.2) is 5.11 Å². The molecule has 5 rings (SSSR count). The lowest BCUT2D eigenvalue weighted by atomic mass is 9.95. The monoisotopic (exact) mass is 439 g/mol. The van der Waals surface area contributed by atoms with Gasteiger partial charge in [-0.15, -0.1) is 0 Å². The zero-order valence-electron chi connectivity index (χ0n) is 18.2. The van der Waals surface area contributed by atoms with E-state index in [0.29, 0.717) is 6.04 Å². The van der Waals surface area contributed by atoms with Crippen LogP contribution in [0.1, 0.15) is 61.5 Å². The van der Waals surface area contributed by atoms with Gasteiger partial charge in [-0.3, -0.25) is 9.88 Å². The molecule has 2 aromatic rings. The highest BCUT2D eigenvalue weighted by atomic mass is 32.1. The van der Waals surface area contributed by atoms with E-state index in [2.05, 4.69) is 55.3 Å². The maximum absolute atomic E-state index is 5.83. The molecule has 3 fully saturated rings. The standard InChI is InChI=1S/C24H33N5OS/c31-24-26-22(21-8-4-5-10-25-21)23(29(24)13-12-27-14-16-30-17-15-27)19-9-11-28(18-19)20-6-2-1-3-7-20/h4-5,8-11,18,20,22-23H,1-3,6-7,12-17H2,(H,26,31). The summed E-state index contributed by atoms with van der Waals surface area (Å²) in [6.07, 6.45) is 13.2. The maximum Gasteiger partial charge on any atom is 0.170 e. The van der Waals surface area contributed by atoms with E-state index in [1.807, 2.05) is 12.3 Å². The number of hydrogen-bond donors (Lipinski definition) is 1. The van der Waals surface area contributed by atoms with Gasteiger partial charge >= 0.3 is 0 Å². The van der Waals surface area contributed by atoms with Crippen LogP contribution in [-0.4, -0.2) is 63.9 Å². The molecule has 0 spiro atoms. The normalized spacial score (nSPS) is 25.7.